The van der Waals surface area contributed by atoms with Gasteiger partial charge >= 0.3 is 12.2 Å². The largest absolute Gasteiger partial charge is 0.514 e. The normalized spacial score (nSPS) is 14.2. The second-order valence-electron chi connectivity index (χ2n) is 14.0. The van der Waals surface area contributed by atoms with Crippen molar-refractivity contribution in [2.75, 3.05) is 21.7 Å². The first-order chi connectivity index (χ1) is 29.0. The summed E-state index contributed by atoms with van der Waals surface area (Å²) >= 11 is 0. The number of ketones is 1. The van der Waals surface area contributed by atoms with E-state index in [0.717, 1.165) is 35.3 Å². The van der Waals surface area contributed by atoms with Crippen LogP contribution in [0.4, 0.5) is 32.3 Å². The van der Waals surface area contributed by atoms with Crippen LogP contribution < -0.4 is 36.2 Å². The fourth-order valence-corrected chi connectivity index (χ4v) is 6.24. The first-order valence-electron chi connectivity index (χ1n) is 18.6. The molecule has 2 atom stereocenters. The van der Waals surface area contributed by atoms with Crippen molar-refractivity contribution in [3.8, 4) is 5.75 Å². The molecule has 0 saturated heterocycles. The Kier molecular flexibility index (Phi) is 14.2. The van der Waals surface area contributed by atoms with Gasteiger partial charge in [0.1, 0.15) is 12.4 Å². The Bertz CT molecular complexity index is 2300. The summed E-state index contributed by atoms with van der Waals surface area (Å²) in [5.74, 6) is -6.25. The second kappa shape index (κ2) is 19.6. The fourth-order valence-electron chi connectivity index (χ4n) is 6.24. The van der Waals surface area contributed by atoms with E-state index in [1.807, 2.05) is 0 Å². The average molecular weight is 838 g/mol. The monoisotopic (exact) mass is 837 g/mol. The van der Waals surface area contributed by atoms with E-state index in [1.54, 1.807) is 26.0 Å². The number of non-ortho nitro benzene ring substituents is 1. The predicted molar refractivity (Wildman–Crippen MR) is 215 cm³/mol. The number of benzene rings is 3. The number of urea groups is 1. The first-order valence-corrected chi connectivity index (χ1v) is 18.6. The van der Waals surface area contributed by atoms with E-state index in [-0.39, 0.29) is 60.8 Å². The minimum Gasteiger partial charge on any atom is -0.429 e. The van der Waals surface area contributed by atoms with Crippen LogP contribution in [0, 0.1) is 22.0 Å². The molecule has 61 heavy (non-hydrogen) atoms. The molecule has 0 bridgehead atoms. The van der Waals surface area contributed by atoms with Crippen molar-refractivity contribution < 1.29 is 57.5 Å². The molecular weight excluding hydrogens is 798 g/mol. The Labute approximate surface area is 346 Å². The van der Waals surface area contributed by atoms with E-state index in [0.29, 0.717) is 16.2 Å². The van der Waals surface area contributed by atoms with Gasteiger partial charge in [-0.15, -0.1) is 0 Å². The van der Waals surface area contributed by atoms with E-state index in [2.05, 4.69) is 16.0 Å². The van der Waals surface area contributed by atoms with Crippen molar-refractivity contribution in [1.82, 2.24) is 10.6 Å². The third-order valence-electron chi connectivity index (χ3n) is 9.31. The van der Waals surface area contributed by atoms with Crippen molar-refractivity contribution in [3.05, 3.63) is 112 Å². The molecule has 0 spiro atoms. The van der Waals surface area contributed by atoms with E-state index in [9.17, 15) is 53.3 Å². The highest BCUT2D eigenvalue weighted by molar-refractivity contribution is 6.33. The van der Waals surface area contributed by atoms with Gasteiger partial charge in [-0.3, -0.25) is 43.7 Å². The van der Waals surface area contributed by atoms with Gasteiger partial charge in [-0.05, 0) is 66.8 Å². The molecule has 0 saturated carbocycles. The summed E-state index contributed by atoms with van der Waals surface area (Å²) in [5, 5.41) is 18.7. The zero-order valence-corrected chi connectivity index (χ0v) is 32.7. The van der Waals surface area contributed by atoms with E-state index in [4.69, 9.17) is 15.2 Å². The van der Waals surface area contributed by atoms with Crippen LogP contribution in [0.15, 0.2) is 91.0 Å². The Balaban J connectivity index is 1.25. The Morgan fingerprint density at radius 3 is 1.95 bits per heavy atom. The number of nitro benzene ring substituents is 1. The van der Waals surface area contributed by atoms with Gasteiger partial charge in [0, 0.05) is 66.6 Å². The number of anilines is 3. The van der Waals surface area contributed by atoms with Crippen LogP contribution in [0.25, 0.3) is 0 Å². The molecule has 316 valence electrons. The maximum atomic E-state index is 13.9. The minimum absolute atomic E-state index is 0.0381. The van der Waals surface area contributed by atoms with Crippen molar-refractivity contribution >= 4 is 76.2 Å². The lowest BCUT2D eigenvalue weighted by Gasteiger charge is -2.25. The SMILES string of the molecule is CC(C)[C@H](NC(=O)c1ccc(N2C(=O)C=CC2=O)c(N2C(=O)C=CC2=O)c1)C(=O)C[C@@H](CCCNC(N)=O)C(=O)Nc1ccc(COC(=O)Oc2ccc([N+](=O)[O-])cc2)cc1. The van der Waals surface area contributed by atoms with Crippen LogP contribution in [0.3, 0.4) is 0 Å². The van der Waals surface area contributed by atoms with Crippen molar-refractivity contribution in [1.29, 1.82) is 0 Å². The summed E-state index contributed by atoms with van der Waals surface area (Å²) in [7, 11) is 0. The standard InChI is InChI=1S/C41H39N7O13/c1-23(2)37(45-39(55)26-7-14-30(46-33(50)15-16-34(46)51)31(20-26)47-35(52)17-18-36(47)53)32(49)21-25(4-3-19-43-40(42)56)38(54)44-27-8-5-24(6-9-27)22-60-41(57)61-29-12-10-28(11-13-29)48(58)59/h5-18,20,23,25,37H,3-4,19,21-22H2,1-2H3,(H,44,54)(H,45,55)(H3,42,43,56)/t25-,37+/m1/s1. The zero-order valence-electron chi connectivity index (χ0n) is 32.7. The molecule has 2 heterocycles. The average Bonchev–Trinajstić information content (AvgIpc) is 3.74. The molecule has 3 aromatic carbocycles. The number of hydrogen-bond donors (Lipinski definition) is 4. The number of carbonyl (C=O) groups is 9. The summed E-state index contributed by atoms with van der Waals surface area (Å²) in [6.07, 6.45) is 3.01. The lowest BCUT2D eigenvalue weighted by Crippen LogP contribution is -2.45. The summed E-state index contributed by atoms with van der Waals surface area (Å²) in [4.78, 5) is 127. The third-order valence-corrected chi connectivity index (χ3v) is 9.31. The molecule has 8 amide bonds. The van der Waals surface area contributed by atoms with Crippen LogP contribution in [0.5, 0.6) is 5.75 Å². The number of amides is 8. The van der Waals surface area contributed by atoms with E-state index < -0.39 is 76.2 Å². The molecule has 3 aromatic rings. The maximum absolute atomic E-state index is 13.9. The molecule has 0 radical (unpaired) electrons. The van der Waals surface area contributed by atoms with Crippen LogP contribution in [-0.4, -0.2) is 70.9 Å². The summed E-state index contributed by atoms with van der Waals surface area (Å²) in [6, 6.07) is 12.8. The Hall–Kier alpha value is -8.03. The molecule has 0 fully saturated rings. The van der Waals surface area contributed by atoms with Crippen molar-refractivity contribution in [2.24, 2.45) is 17.6 Å². The Morgan fingerprint density at radius 1 is 0.803 bits per heavy atom. The first kappa shape index (κ1) is 44.1. The number of nitrogens with two attached hydrogens (primary N) is 1. The maximum Gasteiger partial charge on any atom is 0.514 e. The number of imide groups is 2. The minimum atomic E-state index is -1.14. The van der Waals surface area contributed by atoms with Crippen LogP contribution in [-0.2, 0) is 40.1 Å². The highest BCUT2D eigenvalue weighted by atomic mass is 16.7. The van der Waals surface area contributed by atoms with Crippen LogP contribution in [0.1, 0.15) is 49.0 Å². The van der Waals surface area contributed by atoms with Crippen molar-refractivity contribution in [2.45, 2.75) is 45.8 Å². The number of rotatable bonds is 18. The molecule has 0 aliphatic carbocycles. The van der Waals surface area contributed by atoms with Crippen molar-refractivity contribution in [3.63, 3.8) is 0 Å². The molecular formula is C41H39N7O13. The second-order valence-corrected chi connectivity index (χ2v) is 14.0. The topological polar surface area (TPSA) is 284 Å². The summed E-state index contributed by atoms with van der Waals surface area (Å²) in [5.41, 5.74) is 5.40. The smallest absolute Gasteiger partial charge is 0.429 e. The number of nitrogens with one attached hydrogen (secondary N) is 3. The van der Waals surface area contributed by atoms with Gasteiger partial charge in [0.25, 0.3) is 35.2 Å². The number of hydrogen-bond acceptors (Lipinski definition) is 13. The molecule has 5 N–H and O–H groups in total. The number of carbonyl (C=O) groups excluding carboxylic acids is 9. The zero-order chi connectivity index (χ0) is 44.4. The highest BCUT2D eigenvalue weighted by Crippen LogP contribution is 2.35. The molecule has 0 unspecified atom stereocenters. The molecule has 20 nitrogen and oxygen atoms in total. The lowest BCUT2D eigenvalue weighted by atomic mass is 9.89. The predicted octanol–water partition coefficient (Wildman–Crippen LogP) is 3.59. The van der Waals surface area contributed by atoms with E-state index in [1.165, 1.54) is 48.5 Å². The molecule has 20 heteroatoms. The number of nitrogens with zero attached hydrogens (tertiary/aromatic N) is 3. The van der Waals surface area contributed by atoms with Gasteiger partial charge in [0.15, 0.2) is 5.78 Å². The van der Waals surface area contributed by atoms with Gasteiger partial charge in [-0.25, -0.2) is 19.4 Å². The van der Waals surface area contributed by atoms with Gasteiger partial charge < -0.3 is 31.2 Å². The van der Waals surface area contributed by atoms with Gasteiger partial charge in [0.05, 0.1) is 22.3 Å². The highest BCUT2D eigenvalue weighted by Gasteiger charge is 2.35. The quantitative estimate of drug-likeness (QED) is 0.0356. The number of nitro groups is 1. The van der Waals surface area contributed by atoms with Gasteiger partial charge in [-0.2, -0.15) is 0 Å². The lowest BCUT2D eigenvalue weighted by molar-refractivity contribution is -0.384. The van der Waals surface area contributed by atoms with E-state index >= 15 is 0 Å². The third kappa shape index (κ3) is 11.3. The molecule has 2 aliphatic rings. The fraction of sp³-hybridized carbons (Fsp3) is 0.244. The summed E-state index contributed by atoms with van der Waals surface area (Å²) in [6.45, 7) is 3.25. The summed E-state index contributed by atoms with van der Waals surface area (Å²) < 4.78 is 10.1. The van der Waals surface area contributed by atoms with Gasteiger partial charge in [-0.1, -0.05) is 26.0 Å². The molecule has 2 aliphatic heterocycles. The molecule has 5 rings (SSSR count). The molecule has 0 aromatic heterocycles. The number of Topliss-reactive ketones (excluding diaryl/α,β-unsaturated/α-hetero) is 1. The van der Waals surface area contributed by atoms with Crippen LogP contribution in [0.2, 0.25) is 0 Å². The number of primary amides is 1. The van der Waals surface area contributed by atoms with Crippen LogP contribution >= 0.6 is 0 Å². The Morgan fingerprint density at radius 2 is 1.39 bits per heavy atom. The van der Waals surface area contributed by atoms with Gasteiger partial charge in [0.2, 0.25) is 5.91 Å². The number of ether oxygens (including phenoxy) is 2.